The van der Waals surface area contributed by atoms with Gasteiger partial charge < -0.3 is 14.0 Å². The molecule has 0 spiro atoms. The van der Waals surface area contributed by atoms with Crippen LogP contribution in [0.3, 0.4) is 0 Å². The van der Waals surface area contributed by atoms with E-state index < -0.39 is 0 Å². The van der Waals surface area contributed by atoms with E-state index in [1.807, 2.05) is 63.2 Å². The molecule has 0 amide bonds. The van der Waals surface area contributed by atoms with E-state index in [-0.39, 0.29) is 5.82 Å². The Kier molecular flexibility index (Phi) is 5.70. The molecule has 0 bridgehead atoms. The third-order valence-corrected chi connectivity index (χ3v) is 5.40. The van der Waals surface area contributed by atoms with Gasteiger partial charge in [-0.2, -0.15) is 0 Å². The molecule has 2 aromatic carbocycles. The Bertz CT molecular complexity index is 1180. The Morgan fingerprint density at radius 2 is 1.63 bits per heavy atom. The van der Waals surface area contributed by atoms with E-state index in [1.165, 1.54) is 6.07 Å². The highest BCUT2D eigenvalue weighted by molar-refractivity contribution is 5.86. The summed E-state index contributed by atoms with van der Waals surface area (Å²) in [4.78, 5) is 4.57. The Morgan fingerprint density at radius 1 is 0.900 bits per heavy atom. The number of rotatable bonds is 7. The minimum Gasteiger partial charge on any atom is -0.493 e. The molecule has 0 saturated heterocycles. The summed E-state index contributed by atoms with van der Waals surface area (Å²) in [7, 11) is 0. The van der Waals surface area contributed by atoms with Gasteiger partial charge in [-0.25, -0.2) is 4.39 Å². The molecule has 154 valence electrons. The van der Waals surface area contributed by atoms with Crippen molar-refractivity contribution in [2.24, 2.45) is 0 Å². The SMILES string of the molecule is CCOc1ccccc1COc1ccnc2c(C)c(C)n(Cc3ccccc3F)c12. The summed E-state index contributed by atoms with van der Waals surface area (Å²) in [6, 6.07) is 16.6. The van der Waals surface area contributed by atoms with Crippen molar-refractivity contribution in [3.05, 3.63) is 89.0 Å². The molecular formula is C25H25FN2O2. The summed E-state index contributed by atoms with van der Waals surface area (Å²) >= 11 is 0. The number of hydrogen-bond donors (Lipinski definition) is 0. The van der Waals surface area contributed by atoms with Crippen LogP contribution < -0.4 is 9.47 Å². The minimum atomic E-state index is -0.214. The predicted octanol–water partition coefficient (Wildman–Crippen LogP) is 5.82. The fourth-order valence-electron chi connectivity index (χ4n) is 3.70. The van der Waals surface area contributed by atoms with E-state index in [2.05, 4.69) is 9.55 Å². The van der Waals surface area contributed by atoms with Crippen molar-refractivity contribution < 1.29 is 13.9 Å². The zero-order chi connectivity index (χ0) is 21.1. The number of hydrogen-bond acceptors (Lipinski definition) is 3. The fraction of sp³-hybridized carbons (Fsp3) is 0.240. The van der Waals surface area contributed by atoms with E-state index in [4.69, 9.17) is 9.47 Å². The highest BCUT2D eigenvalue weighted by Gasteiger charge is 2.18. The van der Waals surface area contributed by atoms with Gasteiger partial charge in [0.15, 0.2) is 0 Å². The van der Waals surface area contributed by atoms with E-state index in [0.29, 0.717) is 25.3 Å². The molecular weight excluding hydrogens is 379 g/mol. The second kappa shape index (κ2) is 8.57. The Morgan fingerprint density at radius 3 is 2.40 bits per heavy atom. The summed E-state index contributed by atoms with van der Waals surface area (Å²) < 4.78 is 28.4. The van der Waals surface area contributed by atoms with Crippen LogP contribution in [-0.4, -0.2) is 16.2 Å². The van der Waals surface area contributed by atoms with Gasteiger partial charge in [0.25, 0.3) is 0 Å². The van der Waals surface area contributed by atoms with Crippen molar-refractivity contribution in [1.29, 1.82) is 0 Å². The second-order valence-corrected chi connectivity index (χ2v) is 7.22. The lowest BCUT2D eigenvalue weighted by Crippen LogP contribution is -2.06. The molecule has 0 unspecified atom stereocenters. The molecule has 0 radical (unpaired) electrons. The lowest BCUT2D eigenvalue weighted by molar-refractivity contribution is 0.288. The first kappa shape index (κ1) is 20.0. The Labute approximate surface area is 175 Å². The Balaban J connectivity index is 1.73. The maximum absolute atomic E-state index is 14.3. The molecule has 4 rings (SSSR count). The normalized spacial score (nSPS) is 11.1. The highest BCUT2D eigenvalue weighted by Crippen LogP contribution is 2.32. The quantitative estimate of drug-likeness (QED) is 0.389. The number of aromatic nitrogens is 2. The molecule has 0 N–H and O–H groups in total. The lowest BCUT2D eigenvalue weighted by atomic mass is 10.2. The molecule has 0 fully saturated rings. The fourth-order valence-corrected chi connectivity index (χ4v) is 3.70. The van der Waals surface area contributed by atoms with Crippen LogP contribution in [0.25, 0.3) is 11.0 Å². The van der Waals surface area contributed by atoms with Gasteiger partial charge in [0.1, 0.15) is 29.4 Å². The molecule has 0 atom stereocenters. The van der Waals surface area contributed by atoms with E-state index in [1.54, 1.807) is 12.3 Å². The first-order valence-electron chi connectivity index (χ1n) is 10.1. The van der Waals surface area contributed by atoms with Crippen molar-refractivity contribution >= 4 is 11.0 Å². The Hall–Kier alpha value is -3.34. The predicted molar refractivity (Wildman–Crippen MR) is 117 cm³/mol. The van der Waals surface area contributed by atoms with Gasteiger partial charge in [-0.1, -0.05) is 36.4 Å². The summed E-state index contributed by atoms with van der Waals surface area (Å²) in [5.74, 6) is 1.33. The van der Waals surface area contributed by atoms with Crippen molar-refractivity contribution in [3.63, 3.8) is 0 Å². The molecule has 0 aliphatic rings. The smallest absolute Gasteiger partial charge is 0.147 e. The van der Waals surface area contributed by atoms with Gasteiger partial charge in [-0.3, -0.25) is 4.98 Å². The number of fused-ring (bicyclic) bond motifs is 1. The third-order valence-electron chi connectivity index (χ3n) is 5.40. The number of benzene rings is 2. The van der Waals surface area contributed by atoms with Crippen LogP contribution in [0.5, 0.6) is 11.5 Å². The van der Waals surface area contributed by atoms with Crippen molar-refractivity contribution in [2.75, 3.05) is 6.61 Å². The van der Waals surface area contributed by atoms with E-state index in [9.17, 15) is 4.39 Å². The largest absolute Gasteiger partial charge is 0.493 e. The van der Waals surface area contributed by atoms with Gasteiger partial charge in [-0.15, -0.1) is 0 Å². The average Bonchev–Trinajstić information content (AvgIpc) is 3.00. The first-order chi connectivity index (χ1) is 14.6. The van der Waals surface area contributed by atoms with Crippen LogP contribution in [0.15, 0.2) is 60.8 Å². The molecule has 0 aliphatic carbocycles. The number of nitrogens with zero attached hydrogens (tertiary/aromatic N) is 2. The zero-order valence-electron chi connectivity index (χ0n) is 17.5. The molecule has 4 aromatic rings. The van der Waals surface area contributed by atoms with Gasteiger partial charge in [0, 0.05) is 29.1 Å². The summed E-state index contributed by atoms with van der Waals surface area (Å²) in [6.45, 7) is 7.42. The number of pyridine rings is 1. The molecule has 5 heteroatoms. The topological polar surface area (TPSA) is 36.3 Å². The molecule has 0 aliphatic heterocycles. The van der Waals surface area contributed by atoms with Crippen LogP contribution in [-0.2, 0) is 13.2 Å². The second-order valence-electron chi connectivity index (χ2n) is 7.22. The van der Waals surface area contributed by atoms with E-state index >= 15 is 0 Å². The third kappa shape index (κ3) is 3.75. The van der Waals surface area contributed by atoms with Crippen molar-refractivity contribution in [3.8, 4) is 11.5 Å². The maximum atomic E-state index is 14.3. The molecule has 2 aromatic heterocycles. The monoisotopic (exact) mass is 404 g/mol. The first-order valence-corrected chi connectivity index (χ1v) is 10.1. The minimum absolute atomic E-state index is 0.214. The molecule has 2 heterocycles. The maximum Gasteiger partial charge on any atom is 0.147 e. The van der Waals surface area contributed by atoms with Gasteiger partial charge in [-0.05, 0) is 38.5 Å². The van der Waals surface area contributed by atoms with Crippen LogP contribution in [0.2, 0.25) is 0 Å². The van der Waals surface area contributed by atoms with Crippen LogP contribution in [0.1, 0.15) is 29.3 Å². The van der Waals surface area contributed by atoms with Gasteiger partial charge in [0.05, 0.1) is 18.7 Å². The van der Waals surface area contributed by atoms with Crippen molar-refractivity contribution in [2.45, 2.75) is 33.9 Å². The number of ether oxygens (including phenoxy) is 2. The highest BCUT2D eigenvalue weighted by atomic mass is 19.1. The number of halogens is 1. The lowest BCUT2D eigenvalue weighted by Gasteiger charge is -2.14. The van der Waals surface area contributed by atoms with Crippen LogP contribution in [0.4, 0.5) is 4.39 Å². The summed E-state index contributed by atoms with van der Waals surface area (Å²) in [5, 5.41) is 0. The summed E-state index contributed by atoms with van der Waals surface area (Å²) in [5.41, 5.74) is 5.48. The van der Waals surface area contributed by atoms with Crippen molar-refractivity contribution in [1.82, 2.24) is 9.55 Å². The van der Waals surface area contributed by atoms with Crippen LogP contribution >= 0.6 is 0 Å². The van der Waals surface area contributed by atoms with Gasteiger partial charge >= 0.3 is 0 Å². The molecule has 4 nitrogen and oxygen atoms in total. The average molecular weight is 404 g/mol. The van der Waals surface area contributed by atoms with E-state index in [0.717, 1.165) is 39.4 Å². The van der Waals surface area contributed by atoms with Crippen LogP contribution in [0, 0.1) is 19.7 Å². The number of aryl methyl sites for hydroxylation is 1. The van der Waals surface area contributed by atoms with Gasteiger partial charge in [0.2, 0.25) is 0 Å². The number of para-hydroxylation sites is 1. The zero-order valence-corrected chi connectivity index (χ0v) is 17.5. The summed E-state index contributed by atoms with van der Waals surface area (Å²) in [6.07, 6.45) is 1.76. The standard InChI is InChI=1S/C25H25FN2O2/c1-4-29-22-12-8-6-10-20(22)16-30-23-13-14-27-24-17(2)18(3)28(25(23)24)15-19-9-5-7-11-21(19)26/h5-14H,4,15-16H2,1-3H3. The molecule has 0 saturated carbocycles. The molecule has 30 heavy (non-hydrogen) atoms.